The predicted molar refractivity (Wildman–Crippen MR) is 66.7 cm³/mol. The molecule has 5 heteroatoms. The van der Waals surface area contributed by atoms with Crippen LogP contribution in [0.5, 0.6) is 11.5 Å². The van der Waals surface area contributed by atoms with Crippen molar-refractivity contribution in [2.24, 2.45) is 5.18 Å². The van der Waals surface area contributed by atoms with E-state index in [-0.39, 0.29) is 6.54 Å². The van der Waals surface area contributed by atoms with Crippen molar-refractivity contribution in [3.63, 3.8) is 0 Å². The van der Waals surface area contributed by atoms with Gasteiger partial charge in [-0.3, -0.25) is 0 Å². The number of rotatable bonds is 5. The summed E-state index contributed by atoms with van der Waals surface area (Å²) in [6, 6.07) is 9.00. The number of benzene rings is 1. The Morgan fingerprint density at radius 1 is 1.11 bits per heavy atom. The fraction of sp³-hybridized carbons (Fsp3) is 0.231. The summed E-state index contributed by atoms with van der Waals surface area (Å²) in [5.41, 5.74) is 0.852. The minimum absolute atomic E-state index is 0.0350. The van der Waals surface area contributed by atoms with Gasteiger partial charge in [-0.2, -0.15) is 4.91 Å². The predicted octanol–water partition coefficient (Wildman–Crippen LogP) is 3.23. The monoisotopic (exact) mass is 247 g/mol. The van der Waals surface area contributed by atoms with Crippen molar-refractivity contribution in [3.05, 3.63) is 41.0 Å². The van der Waals surface area contributed by atoms with E-state index in [1.807, 2.05) is 12.1 Å². The van der Waals surface area contributed by atoms with Crippen LogP contribution in [-0.2, 0) is 6.54 Å². The van der Waals surface area contributed by atoms with Crippen molar-refractivity contribution >= 4 is 0 Å². The number of ether oxygens (including phenoxy) is 2. The number of furan rings is 1. The molecule has 1 aromatic carbocycles. The molecule has 94 valence electrons. The highest BCUT2D eigenvalue weighted by Crippen LogP contribution is 2.32. The van der Waals surface area contributed by atoms with Crippen LogP contribution in [0.2, 0.25) is 0 Å². The van der Waals surface area contributed by atoms with Crippen LogP contribution in [0.3, 0.4) is 0 Å². The average Bonchev–Trinajstić information content (AvgIpc) is 2.87. The van der Waals surface area contributed by atoms with Gasteiger partial charge in [0.1, 0.15) is 18.1 Å². The van der Waals surface area contributed by atoms with Crippen LogP contribution in [0.15, 0.2) is 39.9 Å². The fourth-order valence-electron chi connectivity index (χ4n) is 1.67. The summed E-state index contributed by atoms with van der Waals surface area (Å²) in [6.07, 6.45) is 0. The van der Waals surface area contributed by atoms with Gasteiger partial charge in [-0.15, -0.1) is 0 Å². The van der Waals surface area contributed by atoms with E-state index in [2.05, 4.69) is 5.18 Å². The molecular weight excluding hydrogens is 234 g/mol. The Bertz CT molecular complexity index is 548. The van der Waals surface area contributed by atoms with Gasteiger partial charge in [0.2, 0.25) is 0 Å². The Morgan fingerprint density at radius 3 is 2.56 bits per heavy atom. The first-order valence-electron chi connectivity index (χ1n) is 5.38. The topological polar surface area (TPSA) is 61.0 Å². The van der Waals surface area contributed by atoms with Gasteiger partial charge in [0.25, 0.3) is 0 Å². The van der Waals surface area contributed by atoms with E-state index in [4.69, 9.17) is 13.9 Å². The van der Waals surface area contributed by atoms with Gasteiger partial charge in [-0.25, -0.2) is 0 Å². The molecule has 0 radical (unpaired) electrons. The van der Waals surface area contributed by atoms with Crippen LogP contribution in [0, 0.1) is 4.91 Å². The Balaban J connectivity index is 2.34. The molecule has 0 aliphatic heterocycles. The standard InChI is InChI=1S/C13H13NO4/c1-16-12-5-3-9(7-13(12)17-2)11-6-4-10(18-11)8-14-15/h3-7H,8H2,1-2H3. The smallest absolute Gasteiger partial charge is 0.161 e. The maximum absolute atomic E-state index is 10.2. The average molecular weight is 247 g/mol. The van der Waals surface area contributed by atoms with Crippen LogP contribution < -0.4 is 9.47 Å². The highest BCUT2D eigenvalue weighted by atomic mass is 16.5. The first-order chi connectivity index (χ1) is 8.78. The lowest BCUT2D eigenvalue weighted by atomic mass is 10.1. The molecule has 18 heavy (non-hydrogen) atoms. The van der Waals surface area contributed by atoms with Crippen LogP contribution in [-0.4, -0.2) is 14.2 Å². The maximum atomic E-state index is 10.2. The minimum atomic E-state index is 0.0350. The largest absolute Gasteiger partial charge is 0.493 e. The molecule has 1 aromatic heterocycles. The van der Waals surface area contributed by atoms with Gasteiger partial charge in [0, 0.05) is 5.56 Å². The Morgan fingerprint density at radius 2 is 1.89 bits per heavy atom. The summed E-state index contributed by atoms with van der Waals surface area (Å²) >= 11 is 0. The van der Waals surface area contributed by atoms with Crippen molar-refractivity contribution in [3.8, 4) is 22.8 Å². The van der Waals surface area contributed by atoms with Gasteiger partial charge >= 0.3 is 0 Å². The van der Waals surface area contributed by atoms with Gasteiger partial charge in [-0.05, 0) is 30.3 Å². The third-order valence-corrected chi connectivity index (χ3v) is 2.55. The van der Waals surface area contributed by atoms with Gasteiger partial charge in [-0.1, -0.05) is 5.18 Å². The van der Waals surface area contributed by atoms with Crippen LogP contribution in [0.25, 0.3) is 11.3 Å². The van der Waals surface area contributed by atoms with Crippen LogP contribution in [0.4, 0.5) is 0 Å². The van der Waals surface area contributed by atoms with E-state index < -0.39 is 0 Å². The fourth-order valence-corrected chi connectivity index (χ4v) is 1.67. The lowest BCUT2D eigenvalue weighted by Gasteiger charge is -2.08. The number of hydrogen-bond donors (Lipinski definition) is 0. The van der Waals surface area contributed by atoms with Gasteiger partial charge in [0.05, 0.1) is 14.2 Å². The number of methoxy groups -OCH3 is 2. The van der Waals surface area contributed by atoms with E-state index in [1.165, 1.54) is 0 Å². The zero-order valence-corrected chi connectivity index (χ0v) is 10.2. The summed E-state index contributed by atoms with van der Waals surface area (Å²) in [6.45, 7) is 0.0350. The second-order valence-electron chi connectivity index (χ2n) is 3.62. The Labute approximate surface area is 104 Å². The highest BCUT2D eigenvalue weighted by molar-refractivity contribution is 5.62. The van der Waals surface area contributed by atoms with Gasteiger partial charge < -0.3 is 13.9 Å². The Kier molecular flexibility index (Phi) is 3.62. The number of nitrogens with zero attached hydrogens (tertiary/aromatic N) is 1. The normalized spacial score (nSPS) is 10.1. The molecule has 1 heterocycles. The van der Waals surface area contributed by atoms with E-state index in [0.29, 0.717) is 23.0 Å². The summed E-state index contributed by atoms with van der Waals surface area (Å²) < 4.78 is 15.9. The van der Waals surface area contributed by atoms with Crippen LogP contribution >= 0.6 is 0 Å². The molecule has 0 atom stereocenters. The molecule has 0 aliphatic carbocycles. The van der Waals surface area contributed by atoms with Crippen molar-refractivity contribution in [2.75, 3.05) is 14.2 Å². The molecular formula is C13H13NO4. The quantitative estimate of drug-likeness (QED) is 0.761. The number of nitroso groups, excluding NO2 is 1. The van der Waals surface area contributed by atoms with Crippen molar-refractivity contribution in [2.45, 2.75) is 6.54 Å². The molecule has 2 rings (SSSR count). The van der Waals surface area contributed by atoms with Crippen molar-refractivity contribution in [1.82, 2.24) is 0 Å². The molecule has 5 nitrogen and oxygen atoms in total. The van der Waals surface area contributed by atoms with E-state index in [0.717, 1.165) is 5.56 Å². The summed E-state index contributed by atoms with van der Waals surface area (Å²) in [4.78, 5) is 10.2. The molecule has 0 bridgehead atoms. The molecule has 0 amide bonds. The summed E-state index contributed by atoms with van der Waals surface area (Å²) in [5.74, 6) is 2.48. The van der Waals surface area contributed by atoms with Crippen LogP contribution in [0.1, 0.15) is 5.76 Å². The summed E-state index contributed by atoms with van der Waals surface area (Å²) in [5, 5.41) is 2.79. The van der Waals surface area contributed by atoms with Crippen molar-refractivity contribution < 1.29 is 13.9 Å². The molecule has 0 spiro atoms. The highest BCUT2D eigenvalue weighted by Gasteiger charge is 2.09. The van der Waals surface area contributed by atoms with Crippen molar-refractivity contribution in [1.29, 1.82) is 0 Å². The molecule has 0 N–H and O–H groups in total. The molecule has 0 fully saturated rings. The van der Waals surface area contributed by atoms with E-state index in [9.17, 15) is 4.91 Å². The molecule has 0 saturated carbocycles. The second kappa shape index (κ2) is 5.35. The van der Waals surface area contributed by atoms with Gasteiger partial charge in [0.15, 0.2) is 11.5 Å². The lowest BCUT2D eigenvalue weighted by molar-refractivity contribution is 0.355. The Hall–Kier alpha value is -2.30. The zero-order chi connectivity index (χ0) is 13.0. The molecule has 0 saturated heterocycles. The molecule has 2 aromatic rings. The SMILES string of the molecule is COc1ccc(-c2ccc(CN=O)o2)cc1OC. The second-order valence-corrected chi connectivity index (χ2v) is 3.62. The first kappa shape index (κ1) is 12.2. The summed E-state index contributed by atoms with van der Waals surface area (Å²) in [7, 11) is 3.16. The first-order valence-corrected chi connectivity index (χ1v) is 5.38. The minimum Gasteiger partial charge on any atom is -0.493 e. The van der Waals surface area contributed by atoms with E-state index in [1.54, 1.807) is 32.4 Å². The maximum Gasteiger partial charge on any atom is 0.161 e. The molecule has 0 unspecified atom stereocenters. The third-order valence-electron chi connectivity index (χ3n) is 2.55. The lowest BCUT2D eigenvalue weighted by Crippen LogP contribution is -1.90. The number of hydrogen-bond acceptors (Lipinski definition) is 5. The third kappa shape index (κ3) is 2.34. The molecule has 0 aliphatic rings. The van der Waals surface area contributed by atoms with E-state index >= 15 is 0 Å². The zero-order valence-electron chi connectivity index (χ0n) is 10.2.